The number of allylic oxidation sites excluding steroid dienone is 2. The van der Waals surface area contributed by atoms with Gasteiger partial charge in [0.25, 0.3) is 0 Å². The summed E-state index contributed by atoms with van der Waals surface area (Å²) in [5.74, 6) is -0.0729. The van der Waals surface area contributed by atoms with Gasteiger partial charge in [0.1, 0.15) is 67.1 Å². The van der Waals surface area contributed by atoms with Crippen molar-refractivity contribution in [2.24, 2.45) is 50.2 Å². The Hall–Kier alpha value is -1.39. The van der Waals surface area contributed by atoms with Crippen molar-refractivity contribution in [1.82, 2.24) is 0 Å². The Labute approximate surface area is 376 Å². The van der Waals surface area contributed by atoms with Crippen molar-refractivity contribution < 1.29 is 84.3 Å². The molecule has 0 unspecified atom stereocenters. The van der Waals surface area contributed by atoms with Crippen LogP contribution in [0.3, 0.4) is 0 Å². The van der Waals surface area contributed by atoms with E-state index in [1.807, 2.05) is 0 Å². The minimum Gasteiger partial charge on any atom is -0.432 e. The van der Waals surface area contributed by atoms with Gasteiger partial charge in [0.15, 0.2) is 12.6 Å². The van der Waals surface area contributed by atoms with E-state index in [2.05, 4.69) is 54.5 Å². The highest BCUT2D eigenvalue weighted by Gasteiger charge is 2.70. The summed E-state index contributed by atoms with van der Waals surface area (Å²) in [6.07, 6.45) is -11.0. The quantitative estimate of drug-likeness (QED) is 0.0916. The molecule has 366 valence electrons. The third-order valence-corrected chi connectivity index (χ3v) is 18.9. The lowest BCUT2D eigenvalue weighted by Gasteiger charge is -2.71. The van der Waals surface area contributed by atoms with Crippen LogP contribution < -0.4 is 0 Å². The van der Waals surface area contributed by atoms with Crippen molar-refractivity contribution in [3.8, 4) is 0 Å². The molecule has 10 N–H and O–H groups in total. The van der Waals surface area contributed by atoms with Crippen LogP contribution in [0.5, 0.6) is 0 Å². The third-order valence-electron chi connectivity index (χ3n) is 18.9. The fourth-order valence-electron chi connectivity index (χ4n) is 14.7. The average Bonchev–Trinajstić information content (AvgIpc) is 3.24. The van der Waals surface area contributed by atoms with Gasteiger partial charge in [-0.15, -0.1) is 0 Å². The molecule has 64 heavy (non-hydrogen) atoms. The van der Waals surface area contributed by atoms with Crippen molar-refractivity contribution in [3.05, 3.63) is 11.6 Å². The molecule has 22 atom stereocenters. The zero-order chi connectivity index (χ0) is 46.7. The molecular formula is C47H76O17. The van der Waals surface area contributed by atoms with E-state index in [-0.39, 0.29) is 45.7 Å². The van der Waals surface area contributed by atoms with E-state index in [9.17, 15) is 55.9 Å². The number of hydrogen-bond donors (Lipinski definition) is 10. The van der Waals surface area contributed by atoms with Crippen LogP contribution in [0.1, 0.15) is 113 Å². The normalized spacial score (nSPS) is 53.4. The van der Waals surface area contributed by atoms with Crippen molar-refractivity contribution in [2.45, 2.75) is 205 Å². The van der Waals surface area contributed by atoms with E-state index in [1.54, 1.807) is 0 Å². The van der Waals surface area contributed by atoms with Gasteiger partial charge in [-0.1, -0.05) is 60.1 Å². The predicted octanol–water partition coefficient (Wildman–Crippen LogP) is 0.780. The molecular weight excluding hydrogens is 836 g/mol. The van der Waals surface area contributed by atoms with Gasteiger partial charge in [0, 0.05) is 0 Å². The van der Waals surface area contributed by atoms with E-state index in [4.69, 9.17) is 28.4 Å². The first-order chi connectivity index (χ1) is 29.9. The SMILES string of the molecule is CC1(C)CC[C@]2(C(=O)O[C@@H]3O[C@H](CO[C@@H]4O[C@H](CO)[C@@H](O)[C@H](O)[C@H]4O)[C@@H](O)[C@H](O)[C@H]3O)CC[C@]3(C)C(=CC[C@@H]4[C@@]5(C)CC[C@H](O[C@@H]6OC[C@H](O)[C@H](O)[C@H]6O)C(C)(C)[C@@H]5CC[C@]43C)[C@@H]2C1. The second-order valence-electron chi connectivity index (χ2n) is 23.1. The van der Waals surface area contributed by atoms with Gasteiger partial charge < -0.3 is 79.5 Å². The van der Waals surface area contributed by atoms with Crippen LogP contribution in [-0.4, -0.2) is 169 Å². The molecule has 4 saturated carbocycles. The lowest BCUT2D eigenvalue weighted by atomic mass is 9.33. The topological polar surface area (TPSA) is 275 Å². The van der Waals surface area contributed by atoms with Gasteiger partial charge >= 0.3 is 5.97 Å². The highest BCUT2D eigenvalue weighted by atomic mass is 16.7. The molecule has 0 aromatic rings. The molecule has 3 aliphatic heterocycles. The first-order valence-corrected chi connectivity index (χ1v) is 23.7. The largest absolute Gasteiger partial charge is 0.432 e. The molecule has 7 fully saturated rings. The minimum absolute atomic E-state index is 0.0502. The molecule has 0 spiro atoms. The molecule has 17 heteroatoms. The Morgan fingerprint density at radius 2 is 1.31 bits per heavy atom. The molecule has 3 saturated heterocycles. The standard InChI is InChI=1S/C47H76O17/c1-42(2)14-16-47(41(58)64-40-37(57)34(54)32(52)26(62-40)21-60-38-36(56)33(53)31(51)25(19-48)61-38)17-15-45(6)22(23(47)18-42)8-9-28-44(5)12-11-29(43(3,4)27(44)10-13-46(28,45)7)63-39-35(55)30(50)24(49)20-59-39/h8,23-40,48-57H,9-21H2,1-7H3/t23-,24-,25+,26+,27-,28+,29-,30-,31+,32+,33-,34-,35+,36+,37+,38+,39-,40-,44-,45+,46+,47-/m0/s1. The summed E-state index contributed by atoms with van der Waals surface area (Å²) >= 11 is 0. The van der Waals surface area contributed by atoms with Gasteiger partial charge in [-0.2, -0.15) is 0 Å². The predicted molar refractivity (Wildman–Crippen MR) is 224 cm³/mol. The Bertz CT molecular complexity index is 1740. The lowest BCUT2D eigenvalue weighted by Crippen LogP contribution is -2.66. The molecule has 17 nitrogen and oxygen atoms in total. The monoisotopic (exact) mass is 913 g/mol. The number of hydrogen-bond acceptors (Lipinski definition) is 17. The summed E-state index contributed by atoms with van der Waals surface area (Å²) < 4.78 is 35.3. The van der Waals surface area contributed by atoms with Crippen LogP contribution in [0.2, 0.25) is 0 Å². The molecule has 0 bridgehead atoms. The maximum Gasteiger partial charge on any atom is 0.315 e. The van der Waals surface area contributed by atoms with Crippen LogP contribution >= 0.6 is 0 Å². The van der Waals surface area contributed by atoms with Gasteiger partial charge in [0.05, 0.1) is 31.3 Å². The molecule has 0 amide bonds. The third kappa shape index (κ3) is 7.67. The minimum atomic E-state index is -1.79. The maximum absolute atomic E-state index is 14.9. The Morgan fingerprint density at radius 1 is 0.688 bits per heavy atom. The van der Waals surface area contributed by atoms with Crippen LogP contribution in [0, 0.1) is 50.2 Å². The Kier molecular flexibility index (Phi) is 13.2. The molecule has 3 heterocycles. The zero-order valence-electron chi connectivity index (χ0n) is 38.5. The van der Waals surface area contributed by atoms with Gasteiger partial charge in [0.2, 0.25) is 6.29 Å². The molecule has 8 rings (SSSR count). The number of carbonyl (C=O) groups is 1. The first-order valence-electron chi connectivity index (χ1n) is 23.7. The summed E-state index contributed by atoms with van der Waals surface area (Å²) in [5, 5.41) is 105. The fraction of sp³-hybridized carbons (Fsp3) is 0.936. The smallest absolute Gasteiger partial charge is 0.315 e. The van der Waals surface area contributed by atoms with Gasteiger partial charge in [-0.05, 0) is 109 Å². The summed E-state index contributed by atoms with van der Waals surface area (Å²) in [6.45, 7) is 15.0. The van der Waals surface area contributed by atoms with E-state index < -0.39 is 111 Å². The van der Waals surface area contributed by atoms with Crippen LogP contribution in [0.25, 0.3) is 0 Å². The van der Waals surface area contributed by atoms with Crippen molar-refractivity contribution in [2.75, 3.05) is 19.8 Å². The molecule has 5 aliphatic carbocycles. The number of rotatable bonds is 8. The summed E-state index contributed by atoms with van der Waals surface area (Å²) in [7, 11) is 0. The summed E-state index contributed by atoms with van der Waals surface area (Å²) in [4.78, 5) is 14.9. The number of esters is 1. The second-order valence-corrected chi connectivity index (χ2v) is 23.1. The Morgan fingerprint density at radius 3 is 2.00 bits per heavy atom. The highest BCUT2D eigenvalue weighted by molar-refractivity contribution is 5.79. The number of fused-ring (bicyclic) bond motifs is 7. The molecule has 0 aromatic heterocycles. The van der Waals surface area contributed by atoms with Crippen molar-refractivity contribution >= 4 is 5.97 Å². The van der Waals surface area contributed by atoms with E-state index in [0.717, 1.165) is 51.4 Å². The van der Waals surface area contributed by atoms with Crippen molar-refractivity contribution in [1.29, 1.82) is 0 Å². The average molecular weight is 913 g/mol. The number of ether oxygens (including phenoxy) is 6. The summed E-state index contributed by atoms with van der Waals surface area (Å²) in [5.41, 5.74) is -0.415. The lowest BCUT2D eigenvalue weighted by molar-refractivity contribution is -0.328. The number of aliphatic hydroxyl groups is 10. The van der Waals surface area contributed by atoms with Crippen molar-refractivity contribution in [3.63, 3.8) is 0 Å². The van der Waals surface area contributed by atoms with Crippen LogP contribution in [0.4, 0.5) is 0 Å². The van der Waals surface area contributed by atoms with E-state index in [0.29, 0.717) is 24.7 Å². The second kappa shape index (κ2) is 17.2. The van der Waals surface area contributed by atoms with E-state index in [1.165, 1.54) is 5.57 Å². The number of aliphatic hydroxyl groups excluding tert-OH is 10. The maximum atomic E-state index is 14.9. The van der Waals surface area contributed by atoms with Crippen LogP contribution in [-0.2, 0) is 33.2 Å². The molecule has 0 aromatic carbocycles. The molecule has 0 radical (unpaired) electrons. The van der Waals surface area contributed by atoms with E-state index >= 15 is 0 Å². The van der Waals surface area contributed by atoms with Crippen LogP contribution in [0.15, 0.2) is 11.6 Å². The molecule has 8 aliphatic rings. The first kappa shape index (κ1) is 49.0. The Balaban J connectivity index is 1.01. The highest BCUT2D eigenvalue weighted by Crippen LogP contribution is 2.76. The summed E-state index contributed by atoms with van der Waals surface area (Å²) in [6, 6.07) is 0. The van der Waals surface area contributed by atoms with Gasteiger partial charge in [-0.3, -0.25) is 4.79 Å². The zero-order valence-corrected chi connectivity index (χ0v) is 38.5. The number of carbonyl (C=O) groups excluding carboxylic acids is 1. The fourth-order valence-corrected chi connectivity index (χ4v) is 14.7. The van der Waals surface area contributed by atoms with Gasteiger partial charge in [-0.25, -0.2) is 0 Å².